The lowest BCUT2D eigenvalue weighted by atomic mass is 9.95. The van der Waals surface area contributed by atoms with E-state index in [0.717, 1.165) is 29.0 Å². The van der Waals surface area contributed by atoms with E-state index in [2.05, 4.69) is 5.32 Å². The lowest BCUT2D eigenvalue weighted by Crippen LogP contribution is -2.37. The summed E-state index contributed by atoms with van der Waals surface area (Å²) in [6.07, 6.45) is 5.70. The zero-order chi connectivity index (χ0) is 19.5. The summed E-state index contributed by atoms with van der Waals surface area (Å²) in [5, 5.41) is 3.83. The zero-order valence-electron chi connectivity index (χ0n) is 15.6. The van der Waals surface area contributed by atoms with Crippen molar-refractivity contribution in [1.29, 1.82) is 0 Å². The Morgan fingerprint density at radius 1 is 1.11 bits per heavy atom. The average Bonchev–Trinajstić information content (AvgIpc) is 2.72. The van der Waals surface area contributed by atoms with Gasteiger partial charge in [0.15, 0.2) is 0 Å². The summed E-state index contributed by atoms with van der Waals surface area (Å²) in [6, 6.07) is 13.4. The first-order valence-electron chi connectivity index (χ1n) is 9.73. The van der Waals surface area contributed by atoms with E-state index >= 15 is 0 Å². The van der Waals surface area contributed by atoms with Gasteiger partial charge in [0, 0.05) is 21.5 Å². The summed E-state index contributed by atoms with van der Waals surface area (Å²) in [6.45, 7) is 0.470. The van der Waals surface area contributed by atoms with Gasteiger partial charge >= 0.3 is 0 Å². The van der Waals surface area contributed by atoms with Crippen LogP contribution in [0.1, 0.15) is 48.0 Å². The maximum atomic E-state index is 12.7. The van der Waals surface area contributed by atoms with Gasteiger partial charge in [0.1, 0.15) is 0 Å². The summed E-state index contributed by atoms with van der Waals surface area (Å²) in [4.78, 5) is 28.2. The monoisotopic (exact) mass is 414 g/mol. The Bertz CT molecular complexity index is 879. The maximum Gasteiger partial charge on any atom is 0.251 e. The number of nitrogens with zero attached hydrogens (tertiary/aromatic N) is 1. The number of nitrogens with one attached hydrogen (secondary N) is 1. The molecule has 0 aromatic heterocycles. The molecule has 1 saturated carbocycles. The highest BCUT2D eigenvalue weighted by Crippen LogP contribution is 2.37. The minimum Gasteiger partial charge on any atom is -0.349 e. The third kappa shape index (κ3) is 4.36. The number of halogens is 1. The molecule has 1 aliphatic carbocycles. The number of hydrogen-bond donors (Lipinski definition) is 1. The molecule has 146 valence electrons. The molecule has 2 aromatic rings. The van der Waals surface area contributed by atoms with Gasteiger partial charge in [-0.25, -0.2) is 0 Å². The van der Waals surface area contributed by atoms with E-state index in [1.165, 1.54) is 31.0 Å². The van der Waals surface area contributed by atoms with E-state index in [9.17, 15) is 9.59 Å². The summed E-state index contributed by atoms with van der Waals surface area (Å²) in [5.41, 5.74) is 2.43. The van der Waals surface area contributed by atoms with E-state index in [-0.39, 0.29) is 17.9 Å². The molecule has 0 atom stereocenters. The zero-order valence-corrected chi connectivity index (χ0v) is 17.2. The molecule has 4 nitrogen and oxygen atoms in total. The number of fused-ring (bicyclic) bond motifs is 1. The molecule has 0 spiro atoms. The van der Waals surface area contributed by atoms with E-state index in [4.69, 9.17) is 11.6 Å². The first kappa shape index (κ1) is 19.3. The molecular weight excluding hydrogens is 392 g/mol. The number of thioether (sulfide) groups is 1. The van der Waals surface area contributed by atoms with Crippen molar-refractivity contribution < 1.29 is 9.59 Å². The van der Waals surface area contributed by atoms with Gasteiger partial charge in [0.05, 0.1) is 18.0 Å². The van der Waals surface area contributed by atoms with Gasteiger partial charge in [-0.2, -0.15) is 0 Å². The fraction of sp³-hybridized carbons (Fsp3) is 0.364. The van der Waals surface area contributed by atoms with Gasteiger partial charge in [0.2, 0.25) is 5.91 Å². The summed E-state index contributed by atoms with van der Waals surface area (Å²) >= 11 is 7.50. The van der Waals surface area contributed by atoms with E-state index in [1.54, 1.807) is 4.90 Å². The van der Waals surface area contributed by atoms with Crippen LogP contribution in [-0.4, -0.2) is 23.6 Å². The summed E-state index contributed by atoms with van der Waals surface area (Å²) in [7, 11) is 0. The molecule has 28 heavy (non-hydrogen) atoms. The van der Waals surface area contributed by atoms with Gasteiger partial charge < -0.3 is 10.2 Å². The summed E-state index contributed by atoms with van der Waals surface area (Å²) < 4.78 is 0. The lowest BCUT2D eigenvalue weighted by molar-refractivity contribution is -0.116. The van der Waals surface area contributed by atoms with Gasteiger partial charge in [-0.05, 0) is 48.7 Å². The predicted octanol–water partition coefficient (Wildman–Crippen LogP) is 5.04. The third-order valence-corrected chi connectivity index (χ3v) is 6.66. The van der Waals surface area contributed by atoms with Crippen molar-refractivity contribution in [1.82, 2.24) is 5.32 Å². The van der Waals surface area contributed by atoms with Crippen LogP contribution in [-0.2, 0) is 11.3 Å². The Kier molecular flexibility index (Phi) is 5.93. The third-order valence-electron chi connectivity index (χ3n) is 5.36. The molecule has 0 bridgehead atoms. The normalized spacial score (nSPS) is 17.3. The van der Waals surface area contributed by atoms with Gasteiger partial charge in [-0.3, -0.25) is 9.59 Å². The van der Waals surface area contributed by atoms with Crippen LogP contribution < -0.4 is 10.2 Å². The van der Waals surface area contributed by atoms with Crippen molar-refractivity contribution in [2.45, 2.75) is 49.6 Å². The molecule has 0 radical (unpaired) electrons. The number of hydrogen-bond acceptors (Lipinski definition) is 3. The smallest absolute Gasteiger partial charge is 0.251 e. The Labute approximate surface area is 174 Å². The largest absolute Gasteiger partial charge is 0.349 e. The van der Waals surface area contributed by atoms with E-state index in [1.807, 2.05) is 42.5 Å². The van der Waals surface area contributed by atoms with Crippen LogP contribution in [0, 0.1) is 0 Å². The van der Waals surface area contributed by atoms with Crippen molar-refractivity contribution in [3.05, 3.63) is 58.6 Å². The standard InChI is InChI=1S/C22H23ClN2O2S/c23-17-9-6-15(7-10-17)13-25-19-12-16(8-11-20(19)28-14-21(25)26)22(27)24-18-4-2-1-3-5-18/h6-12,18H,1-5,13-14H2,(H,24,27). The molecule has 2 aliphatic rings. The molecule has 1 fully saturated rings. The van der Waals surface area contributed by atoms with Gasteiger partial charge in [0.25, 0.3) is 5.91 Å². The van der Waals surface area contributed by atoms with Crippen LogP contribution >= 0.6 is 23.4 Å². The number of carbonyl (C=O) groups is 2. The average molecular weight is 415 g/mol. The molecule has 0 saturated heterocycles. The topological polar surface area (TPSA) is 49.4 Å². The van der Waals surface area contributed by atoms with Crippen LogP contribution in [0.2, 0.25) is 5.02 Å². The Morgan fingerprint density at radius 3 is 2.61 bits per heavy atom. The highest BCUT2D eigenvalue weighted by atomic mass is 35.5. The van der Waals surface area contributed by atoms with Crippen LogP contribution in [0.25, 0.3) is 0 Å². The second-order valence-corrected chi connectivity index (χ2v) is 8.84. The molecule has 0 unspecified atom stereocenters. The fourth-order valence-electron chi connectivity index (χ4n) is 3.80. The van der Waals surface area contributed by atoms with Gasteiger partial charge in [-0.15, -0.1) is 11.8 Å². The highest BCUT2D eigenvalue weighted by Gasteiger charge is 2.26. The molecule has 4 rings (SSSR count). The fourth-order valence-corrected chi connectivity index (χ4v) is 4.85. The molecule has 2 aromatic carbocycles. The van der Waals surface area contributed by atoms with Crippen LogP contribution in [0.5, 0.6) is 0 Å². The number of carbonyl (C=O) groups excluding carboxylic acids is 2. The van der Waals surface area contributed by atoms with Crippen molar-refractivity contribution in [3.8, 4) is 0 Å². The number of anilines is 1. The first-order valence-corrected chi connectivity index (χ1v) is 11.1. The first-order chi connectivity index (χ1) is 13.6. The van der Waals surface area contributed by atoms with Crippen LogP contribution in [0.15, 0.2) is 47.4 Å². The SMILES string of the molecule is O=C(NC1CCCCC1)c1ccc2c(c1)N(Cc1ccc(Cl)cc1)C(=O)CS2. The molecule has 1 aliphatic heterocycles. The van der Waals surface area contributed by atoms with Gasteiger partial charge in [-0.1, -0.05) is 43.0 Å². The van der Waals surface area contributed by atoms with Crippen molar-refractivity contribution in [3.63, 3.8) is 0 Å². The second kappa shape index (κ2) is 8.58. The molecule has 6 heteroatoms. The molecule has 2 amide bonds. The van der Waals surface area contributed by atoms with E-state index in [0.29, 0.717) is 22.9 Å². The number of benzene rings is 2. The highest BCUT2D eigenvalue weighted by molar-refractivity contribution is 8.00. The summed E-state index contributed by atoms with van der Waals surface area (Å²) in [5.74, 6) is 0.412. The molecule has 1 N–H and O–H groups in total. The molecular formula is C22H23ClN2O2S. The van der Waals surface area contributed by atoms with Crippen LogP contribution in [0.3, 0.4) is 0 Å². The van der Waals surface area contributed by atoms with Crippen molar-refractivity contribution >= 4 is 40.9 Å². The van der Waals surface area contributed by atoms with Crippen molar-refractivity contribution in [2.75, 3.05) is 10.7 Å². The Hall–Kier alpha value is -1.98. The van der Waals surface area contributed by atoms with Crippen LogP contribution in [0.4, 0.5) is 5.69 Å². The predicted molar refractivity (Wildman–Crippen MR) is 114 cm³/mol. The van der Waals surface area contributed by atoms with Crippen molar-refractivity contribution in [2.24, 2.45) is 0 Å². The second-order valence-electron chi connectivity index (χ2n) is 7.39. The quantitative estimate of drug-likeness (QED) is 0.762. The maximum absolute atomic E-state index is 12.7. The number of amides is 2. The minimum atomic E-state index is -0.0517. The van der Waals surface area contributed by atoms with E-state index < -0.39 is 0 Å². The Morgan fingerprint density at radius 2 is 1.86 bits per heavy atom. The number of rotatable bonds is 4. The minimum absolute atomic E-state index is 0.0517. The lowest BCUT2D eigenvalue weighted by Gasteiger charge is -2.30. The Balaban J connectivity index is 1.56. The molecule has 1 heterocycles.